The average molecular weight is 1530 g/mol. The molecule has 2 aliphatic heterocycles. The number of piperidine rings is 1. The Labute approximate surface area is 630 Å². The molecule has 108 heavy (non-hydrogen) atoms. The van der Waals surface area contributed by atoms with Crippen molar-refractivity contribution in [1.82, 2.24) is 35.6 Å². The number of nitrogens with zero attached hydrogens (tertiary/aromatic N) is 4. The summed E-state index contributed by atoms with van der Waals surface area (Å²) in [6, 6.07) is 10.2. The Morgan fingerprint density at radius 2 is 1.32 bits per heavy atom. The van der Waals surface area contributed by atoms with E-state index in [0.717, 1.165) is 17.4 Å². The van der Waals surface area contributed by atoms with Gasteiger partial charge in [-0.3, -0.25) is 53.0 Å². The molecule has 29 heteroatoms. The minimum atomic E-state index is -4.93. The van der Waals surface area contributed by atoms with Crippen LogP contribution < -0.4 is 31.7 Å². The summed E-state index contributed by atoms with van der Waals surface area (Å²) in [4.78, 5) is 144. The molecular weight excluding hydrogens is 1420 g/mol. The first-order valence-electron chi connectivity index (χ1n) is 37.5. The second kappa shape index (κ2) is 42.3. The Morgan fingerprint density at radius 3 is 1.88 bits per heavy atom. The van der Waals surface area contributed by atoms with E-state index < -0.39 is 155 Å². The number of primary amides is 1. The van der Waals surface area contributed by atoms with E-state index in [1.165, 1.54) is 14.2 Å². The number of methoxy groups -OCH3 is 2. The number of anilines is 1. The van der Waals surface area contributed by atoms with Crippen LogP contribution in [0.15, 0.2) is 54.6 Å². The molecule has 3 aromatic carbocycles. The quantitative estimate of drug-likeness (QED) is 0.0116. The maximum atomic E-state index is 14.7. The number of halogens is 7. The SMILES string of the molecule is CC[C@H](C)[C@@H]([C@@H](CC(=O)N1CCC[C@H]1[C@H](OC)[C@@H](C)C(=O)C[C@@H](Cc1ccccc1)C(=O)NCc1ccc(NC(=O)[C@H](CCCNC(N)=O)CC(=O)[C@@H](NC(=O)CCCN2CCC(C(=O)Oc3c(F)c(F)c(C)c(F)c3F)CC2C(F)(F)F)C(C)C)cc1)OC)N(C)C(=O)[C@@H](CC(=O)[C@H](C(C)C)N(C)C)C(C)C. The lowest BCUT2D eigenvalue weighted by Gasteiger charge is -2.41. The highest BCUT2D eigenvalue weighted by Crippen LogP contribution is 2.38. The van der Waals surface area contributed by atoms with Crippen LogP contribution in [0.3, 0.4) is 0 Å². The number of rotatable bonds is 42. The van der Waals surface area contributed by atoms with Crippen molar-refractivity contribution in [3.8, 4) is 5.75 Å². The van der Waals surface area contributed by atoms with Crippen LogP contribution in [0.2, 0.25) is 0 Å². The molecule has 22 nitrogen and oxygen atoms in total. The highest BCUT2D eigenvalue weighted by Gasteiger charge is 2.49. The minimum absolute atomic E-state index is 0.00936. The molecule has 7 amide bonds. The van der Waals surface area contributed by atoms with Crippen LogP contribution in [-0.2, 0) is 65.6 Å². The van der Waals surface area contributed by atoms with Crippen LogP contribution in [-0.4, -0.2) is 189 Å². The number of hydrogen-bond donors (Lipinski definition) is 5. The van der Waals surface area contributed by atoms with E-state index >= 15 is 0 Å². The summed E-state index contributed by atoms with van der Waals surface area (Å²) in [5, 5.41) is 10.9. The third kappa shape index (κ3) is 25.3. The first kappa shape index (κ1) is 90.7. The summed E-state index contributed by atoms with van der Waals surface area (Å²) >= 11 is 0. The number of Topliss-reactive ketones (excluding diaryl/α,β-unsaturated/α-hetero) is 3. The summed E-state index contributed by atoms with van der Waals surface area (Å²) in [6.07, 6.45) is -6.29. The molecule has 13 atom stereocenters. The van der Waals surface area contributed by atoms with Gasteiger partial charge in [0.05, 0.1) is 48.7 Å². The van der Waals surface area contributed by atoms with Crippen LogP contribution in [0.1, 0.15) is 162 Å². The summed E-state index contributed by atoms with van der Waals surface area (Å²) in [6.45, 7) is 17.5. The van der Waals surface area contributed by atoms with Crippen molar-refractivity contribution in [1.29, 1.82) is 0 Å². The third-order valence-electron chi connectivity index (χ3n) is 21.3. The van der Waals surface area contributed by atoms with Gasteiger partial charge in [-0.05, 0) is 132 Å². The molecular formula is C79H114F7N9O13. The third-order valence-corrected chi connectivity index (χ3v) is 21.3. The monoisotopic (exact) mass is 1530 g/mol. The maximum absolute atomic E-state index is 14.7. The number of ether oxygens (including phenoxy) is 3. The van der Waals surface area contributed by atoms with Gasteiger partial charge in [-0.15, -0.1) is 0 Å². The smallest absolute Gasteiger partial charge is 0.404 e. The number of ketones is 3. The van der Waals surface area contributed by atoms with E-state index in [1.807, 2.05) is 90.9 Å². The molecule has 0 aromatic heterocycles. The van der Waals surface area contributed by atoms with Gasteiger partial charge in [-0.25, -0.2) is 13.6 Å². The molecule has 0 saturated carbocycles. The standard InChI is InChI=1S/C79H114F7N9O13/c1-16-47(8)71(93(13)76(103)56(44(2)3)41-60(98)70(46(6)7)92(11)12)61(106-14)42-64(100)95-35-21-26-57(95)72(107-15)48(9)58(96)39-54(37-50-23-18-17-19-24-50)74(101)89-43-51-28-30-55(31-29-51)90-75(102)52(25-20-33-88-78(87)105)38-59(97)69(45(4)5)91-63(99)27-22-34-94-36-32-53(40-62(94)79(84,85)86)77(104)108-73-67(82)65(80)49(10)66(81)68(73)83/h17-19,23-24,28-31,44-48,52-54,56-57,61-62,69-72H,16,20-22,25-27,32-43H2,1-15H3,(H,89,101)(H,90,102)(H,91,99)(H3,87,88,105)/t47-,48-,52+,53?,54+,56-,57-,61+,62?,69-,70-,71-,72+/m0/s1. The summed E-state index contributed by atoms with van der Waals surface area (Å²) in [7, 11) is 8.48. The zero-order valence-electron chi connectivity index (χ0n) is 65.2. The number of urea groups is 1. The van der Waals surface area contributed by atoms with Crippen molar-refractivity contribution in [3.05, 3.63) is 94.6 Å². The molecule has 2 heterocycles. The van der Waals surface area contributed by atoms with E-state index in [4.69, 9.17) is 15.2 Å². The van der Waals surface area contributed by atoms with Crippen LogP contribution in [0.4, 0.5) is 41.2 Å². The molecule has 6 N–H and O–H groups in total. The highest BCUT2D eigenvalue weighted by molar-refractivity contribution is 5.97. The van der Waals surface area contributed by atoms with Gasteiger partial charge in [0, 0.05) is 102 Å². The van der Waals surface area contributed by atoms with E-state index in [-0.39, 0.29) is 138 Å². The second-order valence-electron chi connectivity index (χ2n) is 30.4. The highest BCUT2D eigenvalue weighted by atomic mass is 19.4. The van der Waals surface area contributed by atoms with Crippen LogP contribution >= 0.6 is 0 Å². The lowest BCUT2D eigenvalue weighted by molar-refractivity contribution is -0.197. The number of likely N-dealkylation sites (N-methyl/N-ethyl adjacent to an activating group) is 2. The normalized spacial score (nSPS) is 18.5. The molecule has 5 rings (SSSR count). The van der Waals surface area contributed by atoms with Crippen molar-refractivity contribution in [2.75, 3.05) is 66.9 Å². The Kier molecular flexibility index (Phi) is 35.6. The lowest BCUT2D eigenvalue weighted by atomic mass is 9.83. The molecule has 0 spiro atoms. The predicted octanol–water partition coefficient (Wildman–Crippen LogP) is 10.9. The number of likely N-dealkylation sites (tertiary alicyclic amines) is 2. The molecule has 0 aliphatic carbocycles. The molecule has 3 aromatic rings. The molecule has 0 radical (unpaired) electrons. The number of nitrogens with two attached hydrogens (primary N) is 1. The number of carbonyl (C=O) groups is 10. The zero-order valence-corrected chi connectivity index (χ0v) is 65.2. The van der Waals surface area contributed by atoms with Crippen molar-refractivity contribution < 1.29 is 92.9 Å². The minimum Gasteiger partial charge on any atom is -0.420 e. The average Bonchev–Trinajstić information content (AvgIpc) is 1.49. The topological polar surface area (TPSA) is 285 Å². The van der Waals surface area contributed by atoms with Crippen LogP contribution in [0.5, 0.6) is 5.75 Å². The van der Waals surface area contributed by atoms with E-state index in [1.54, 1.807) is 61.9 Å². The van der Waals surface area contributed by atoms with Gasteiger partial charge < -0.3 is 51.0 Å². The fraction of sp³-hybridized carbons (Fsp3) is 0.646. The molecule has 2 aliphatic rings. The molecule has 2 saturated heterocycles. The summed E-state index contributed by atoms with van der Waals surface area (Å²) in [5.74, 6) is -19.4. The Balaban J connectivity index is 1.21. The molecule has 2 fully saturated rings. The van der Waals surface area contributed by atoms with Crippen molar-refractivity contribution in [3.63, 3.8) is 0 Å². The number of hydrogen-bond acceptors (Lipinski definition) is 15. The second-order valence-corrected chi connectivity index (χ2v) is 30.4. The number of carbonyl (C=O) groups excluding carboxylic acids is 10. The lowest BCUT2D eigenvalue weighted by Crippen LogP contribution is -2.54. The number of amides is 7. The number of benzene rings is 3. The van der Waals surface area contributed by atoms with Gasteiger partial charge in [0.1, 0.15) is 11.8 Å². The predicted molar refractivity (Wildman–Crippen MR) is 393 cm³/mol. The van der Waals surface area contributed by atoms with Gasteiger partial charge >= 0.3 is 18.2 Å². The van der Waals surface area contributed by atoms with Crippen molar-refractivity contribution in [2.45, 2.75) is 214 Å². The zero-order chi connectivity index (χ0) is 80.8. The maximum Gasteiger partial charge on any atom is 0.404 e. The van der Waals surface area contributed by atoms with E-state index in [2.05, 4.69) is 26.0 Å². The largest absolute Gasteiger partial charge is 0.420 e. The number of nitrogens with one attached hydrogen (secondary N) is 4. The van der Waals surface area contributed by atoms with Crippen molar-refractivity contribution >= 4 is 64.6 Å². The van der Waals surface area contributed by atoms with Crippen LogP contribution in [0.25, 0.3) is 0 Å². The van der Waals surface area contributed by atoms with Crippen molar-refractivity contribution in [2.24, 2.45) is 59.0 Å². The van der Waals surface area contributed by atoms with E-state index in [0.29, 0.717) is 37.1 Å². The first-order chi connectivity index (χ1) is 50.8. The molecule has 0 bridgehead atoms. The van der Waals surface area contributed by atoms with Gasteiger partial charge in [0.2, 0.25) is 46.9 Å². The van der Waals surface area contributed by atoms with Gasteiger partial charge in [-0.2, -0.15) is 22.0 Å². The van der Waals surface area contributed by atoms with Gasteiger partial charge in [0.15, 0.2) is 23.2 Å². The summed E-state index contributed by atoms with van der Waals surface area (Å²) in [5.41, 5.74) is 6.00. The van der Waals surface area contributed by atoms with Gasteiger partial charge in [-0.1, -0.05) is 111 Å². The van der Waals surface area contributed by atoms with E-state index in [9.17, 15) is 78.7 Å². The Hall–Kier alpha value is -7.89. The number of alkyl halides is 3. The van der Waals surface area contributed by atoms with Crippen LogP contribution in [0, 0.1) is 83.5 Å². The fourth-order valence-electron chi connectivity index (χ4n) is 15.1. The number of esters is 1. The summed E-state index contributed by atoms with van der Waals surface area (Å²) < 4.78 is 118. The Morgan fingerprint density at radius 1 is 0.694 bits per heavy atom. The molecule has 2 unspecified atom stereocenters. The Bertz CT molecular complexity index is 3490. The van der Waals surface area contributed by atoms with Gasteiger partial charge in [0.25, 0.3) is 0 Å². The molecule has 602 valence electrons. The fourth-order valence-corrected chi connectivity index (χ4v) is 15.1. The first-order valence-corrected chi connectivity index (χ1v) is 37.5.